The molecule has 0 spiro atoms. The molecule has 2 aliphatic rings. The molecule has 1 saturated heterocycles. The summed E-state index contributed by atoms with van der Waals surface area (Å²) in [6.07, 6.45) is 7.53. The first-order valence-corrected chi connectivity index (χ1v) is 10.6. The number of methoxy groups -OCH3 is 1. The van der Waals surface area contributed by atoms with Crippen LogP contribution in [-0.4, -0.2) is 46.9 Å². The average Bonchev–Trinajstić information content (AvgIpc) is 3.30. The van der Waals surface area contributed by atoms with Crippen LogP contribution in [0, 0.1) is 11.8 Å². The minimum Gasteiger partial charge on any atom is -0.463 e. The number of rotatable bonds is 5. The quantitative estimate of drug-likeness (QED) is 0.773. The van der Waals surface area contributed by atoms with Crippen LogP contribution in [0.2, 0.25) is 0 Å². The number of piperidine rings is 1. The van der Waals surface area contributed by atoms with Crippen molar-refractivity contribution in [3.8, 4) is 11.5 Å². The maximum Gasteiger partial charge on any atom is 0.266 e. The fraction of sp³-hybridized carbons (Fsp3) is 0.591. The maximum atomic E-state index is 12.9. The van der Waals surface area contributed by atoms with E-state index in [-0.39, 0.29) is 23.5 Å². The van der Waals surface area contributed by atoms with Gasteiger partial charge in [-0.2, -0.15) is 5.10 Å². The molecule has 0 bridgehead atoms. The van der Waals surface area contributed by atoms with E-state index in [0.29, 0.717) is 23.9 Å². The van der Waals surface area contributed by atoms with Gasteiger partial charge in [0.05, 0.1) is 12.4 Å². The van der Waals surface area contributed by atoms with Gasteiger partial charge < -0.3 is 14.1 Å². The van der Waals surface area contributed by atoms with E-state index >= 15 is 0 Å². The number of hydrogen-bond acceptors (Lipinski definition) is 5. The van der Waals surface area contributed by atoms with Gasteiger partial charge in [-0.3, -0.25) is 9.59 Å². The van der Waals surface area contributed by atoms with Gasteiger partial charge >= 0.3 is 0 Å². The number of likely N-dealkylation sites (tertiary alicyclic amines) is 1. The second kappa shape index (κ2) is 8.95. The van der Waals surface area contributed by atoms with E-state index in [9.17, 15) is 9.59 Å². The molecule has 4 rings (SSSR count). The lowest BCUT2D eigenvalue weighted by Crippen LogP contribution is -2.44. The lowest BCUT2D eigenvalue weighted by molar-refractivity contribution is -0.139. The average molecular weight is 399 g/mol. The SMILES string of the molecule is COC1CCCC(C(=O)N2CCC(Cn3nc(-c4ccco4)ccc3=O)CC2)C1. The highest BCUT2D eigenvalue weighted by atomic mass is 16.5. The van der Waals surface area contributed by atoms with E-state index in [2.05, 4.69) is 5.10 Å². The highest BCUT2D eigenvalue weighted by Gasteiger charge is 2.32. The molecule has 2 unspecified atom stereocenters. The molecule has 29 heavy (non-hydrogen) atoms. The number of furan rings is 1. The van der Waals surface area contributed by atoms with Crippen LogP contribution < -0.4 is 5.56 Å². The van der Waals surface area contributed by atoms with E-state index in [1.165, 1.54) is 4.68 Å². The molecule has 2 aromatic rings. The third-order valence-electron chi connectivity index (χ3n) is 6.31. The molecule has 2 aromatic heterocycles. The van der Waals surface area contributed by atoms with Gasteiger partial charge in [-0.05, 0) is 56.2 Å². The molecule has 7 heteroatoms. The van der Waals surface area contributed by atoms with Gasteiger partial charge in [-0.25, -0.2) is 4.68 Å². The van der Waals surface area contributed by atoms with E-state index in [4.69, 9.17) is 9.15 Å². The molecule has 1 aliphatic carbocycles. The number of ether oxygens (including phenoxy) is 1. The van der Waals surface area contributed by atoms with Crippen molar-refractivity contribution in [1.82, 2.24) is 14.7 Å². The van der Waals surface area contributed by atoms with Gasteiger partial charge in [0.25, 0.3) is 5.56 Å². The van der Waals surface area contributed by atoms with Crippen LogP contribution in [0.1, 0.15) is 38.5 Å². The third-order valence-corrected chi connectivity index (χ3v) is 6.31. The lowest BCUT2D eigenvalue weighted by Gasteiger charge is -2.36. The Morgan fingerprint density at radius 3 is 2.76 bits per heavy atom. The first-order chi connectivity index (χ1) is 14.1. The highest BCUT2D eigenvalue weighted by molar-refractivity contribution is 5.79. The van der Waals surface area contributed by atoms with Gasteiger partial charge in [0.1, 0.15) is 5.69 Å². The molecule has 2 fully saturated rings. The van der Waals surface area contributed by atoms with Crippen LogP contribution in [0.5, 0.6) is 0 Å². The monoisotopic (exact) mass is 399 g/mol. The van der Waals surface area contributed by atoms with Crippen LogP contribution in [0.4, 0.5) is 0 Å². The minimum atomic E-state index is -0.105. The van der Waals surface area contributed by atoms with Crippen molar-refractivity contribution in [2.45, 2.75) is 51.2 Å². The third kappa shape index (κ3) is 4.61. The first-order valence-electron chi connectivity index (χ1n) is 10.6. The smallest absolute Gasteiger partial charge is 0.266 e. The van der Waals surface area contributed by atoms with Crippen molar-refractivity contribution in [1.29, 1.82) is 0 Å². The van der Waals surface area contributed by atoms with E-state index in [0.717, 1.165) is 51.6 Å². The molecule has 3 heterocycles. The Kier molecular flexibility index (Phi) is 6.13. The number of carbonyl (C=O) groups is 1. The summed E-state index contributed by atoms with van der Waals surface area (Å²) < 4.78 is 12.4. The normalized spacial score (nSPS) is 23.3. The second-order valence-electron chi connectivity index (χ2n) is 8.21. The molecule has 156 valence electrons. The lowest BCUT2D eigenvalue weighted by atomic mass is 9.85. The standard InChI is InChI=1S/C22H29N3O4/c1-28-18-5-2-4-17(14-18)22(27)24-11-9-16(10-12-24)15-25-21(26)8-7-19(23-25)20-6-3-13-29-20/h3,6-8,13,16-18H,2,4-5,9-12,14-15H2,1H3. The largest absolute Gasteiger partial charge is 0.463 e. The van der Waals surface area contributed by atoms with Crippen LogP contribution in [-0.2, 0) is 16.1 Å². The van der Waals surface area contributed by atoms with Gasteiger partial charge in [0.2, 0.25) is 5.91 Å². The first kappa shape index (κ1) is 19.9. The molecule has 7 nitrogen and oxygen atoms in total. The van der Waals surface area contributed by atoms with Gasteiger partial charge in [-0.1, -0.05) is 6.42 Å². The molecule has 1 amide bonds. The molecule has 2 atom stereocenters. The number of nitrogens with zero attached hydrogens (tertiary/aromatic N) is 3. The molecule has 0 N–H and O–H groups in total. The van der Waals surface area contributed by atoms with Crippen molar-refractivity contribution in [3.05, 3.63) is 40.9 Å². The van der Waals surface area contributed by atoms with Gasteiger partial charge in [-0.15, -0.1) is 0 Å². The van der Waals surface area contributed by atoms with Crippen molar-refractivity contribution in [3.63, 3.8) is 0 Å². The second-order valence-corrected chi connectivity index (χ2v) is 8.21. The topological polar surface area (TPSA) is 77.6 Å². The van der Waals surface area contributed by atoms with Gasteiger partial charge in [0, 0.05) is 38.7 Å². The van der Waals surface area contributed by atoms with Crippen molar-refractivity contribution >= 4 is 5.91 Å². The van der Waals surface area contributed by atoms with Crippen LogP contribution >= 0.6 is 0 Å². The number of carbonyl (C=O) groups excluding carboxylic acids is 1. The number of amides is 1. The summed E-state index contributed by atoms with van der Waals surface area (Å²) in [5, 5.41) is 4.47. The van der Waals surface area contributed by atoms with Crippen LogP contribution in [0.25, 0.3) is 11.5 Å². The summed E-state index contributed by atoms with van der Waals surface area (Å²) in [6.45, 7) is 2.08. The predicted octanol–water partition coefficient (Wildman–Crippen LogP) is 2.95. The Bertz CT molecular complexity index is 868. The Labute approximate surface area is 170 Å². The van der Waals surface area contributed by atoms with E-state index < -0.39 is 0 Å². The summed E-state index contributed by atoms with van der Waals surface area (Å²) in [5.74, 6) is 1.37. The Balaban J connectivity index is 1.34. The van der Waals surface area contributed by atoms with Gasteiger partial charge in [0.15, 0.2) is 5.76 Å². The fourth-order valence-electron chi connectivity index (χ4n) is 4.56. The Morgan fingerprint density at radius 2 is 2.03 bits per heavy atom. The predicted molar refractivity (Wildman–Crippen MR) is 108 cm³/mol. The van der Waals surface area contributed by atoms with E-state index in [1.54, 1.807) is 31.6 Å². The summed E-state index contributed by atoms with van der Waals surface area (Å²) in [6, 6.07) is 6.87. The number of hydrogen-bond donors (Lipinski definition) is 0. The van der Waals surface area contributed by atoms with Crippen molar-refractivity contribution in [2.24, 2.45) is 11.8 Å². The zero-order chi connectivity index (χ0) is 20.2. The zero-order valence-electron chi connectivity index (χ0n) is 17.0. The summed E-state index contributed by atoms with van der Waals surface area (Å²) in [4.78, 5) is 27.2. The molecule has 0 aromatic carbocycles. The zero-order valence-corrected chi connectivity index (χ0v) is 17.0. The molecular formula is C22H29N3O4. The summed E-state index contributed by atoms with van der Waals surface area (Å²) >= 11 is 0. The van der Waals surface area contributed by atoms with Crippen molar-refractivity contribution in [2.75, 3.05) is 20.2 Å². The Hall–Kier alpha value is -2.41. The molecule has 1 aliphatic heterocycles. The Morgan fingerprint density at radius 1 is 1.21 bits per heavy atom. The van der Waals surface area contributed by atoms with Crippen molar-refractivity contribution < 1.29 is 13.9 Å². The fourth-order valence-corrected chi connectivity index (χ4v) is 4.56. The summed E-state index contributed by atoms with van der Waals surface area (Å²) in [7, 11) is 1.74. The minimum absolute atomic E-state index is 0.0968. The molecule has 1 saturated carbocycles. The summed E-state index contributed by atoms with van der Waals surface area (Å²) in [5.41, 5.74) is 0.554. The highest BCUT2D eigenvalue weighted by Crippen LogP contribution is 2.29. The molecular weight excluding hydrogens is 370 g/mol. The maximum absolute atomic E-state index is 12.9. The van der Waals surface area contributed by atoms with Crippen LogP contribution in [0.3, 0.4) is 0 Å². The number of aromatic nitrogens is 2. The van der Waals surface area contributed by atoms with E-state index in [1.807, 2.05) is 11.0 Å². The molecule has 0 radical (unpaired) electrons. The van der Waals surface area contributed by atoms with Crippen LogP contribution in [0.15, 0.2) is 39.7 Å².